The highest BCUT2D eigenvalue weighted by Crippen LogP contribution is 2.46. The van der Waals surface area contributed by atoms with E-state index in [1.165, 1.54) is 5.56 Å². The van der Waals surface area contributed by atoms with Crippen LogP contribution in [0, 0.1) is 19.8 Å². The van der Waals surface area contributed by atoms with Crippen LogP contribution in [0.15, 0.2) is 30.3 Å². The minimum absolute atomic E-state index is 0.221. The standard InChI is InChI=1S/C24H27Cl2FN2O2/c1-15-10-17(12-28-8-6-18(7-9-28)23(30)31)11-16(2)22(15)29-13-24(27,14-29)21-19(25)4-3-5-20(21)26/h3-5,10-11,18H,6-9,12-14H2,1-2H3,(H,30,31). The Bertz CT molecular complexity index is 956. The summed E-state index contributed by atoms with van der Waals surface area (Å²) in [5.41, 5.74) is 3.32. The number of halogens is 3. The zero-order valence-corrected chi connectivity index (χ0v) is 19.3. The molecule has 4 rings (SSSR count). The van der Waals surface area contributed by atoms with E-state index in [0.29, 0.717) is 28.5 Å². The van der Waals surface area contributed by atoms with Crippen LogP contribution in [0.25, 0.3) is 0 Å². The second kappa shape index (κ2) is 8.61. The number of hydrogen-bond donors (Lipinski definition) is 1. The molecule has 0 atom stereocenters. The zero-order chi connectivity index (χ0) is 22.3. The number of alkyl halides is 1. The van der Waals surface area contributed by atoms with Gasteiger partial charge in [-0.25, -0.2) is 4.39 Å². The molecule has 0 unspecified atom stereocenters. The fourth-order valence-electron chi connectivity index (χ4n) is 5.03. The lowest BCUT2D eigenvalue weighted by Crippen LogP contribution is -2.57. The fraction of sp³-hybridized carbons (Fsp3) is 0.458. The van der Waals surface area contributed by atoms with E-state index in [4.69, 9.17) is 23.2 Å². The molecule has 7 heteroatoms. The second-order valence-corrected chi connectivity index (χ2v) is 9.70. The number of nitrogens with zero attached hydrogens (tertiary/aromatic N) is 2. The van der Waals surface area contributed by atoms with Crippen LogP contribution >= 0.6 is 23.2 Å². The van der Waals surface area contributed by atoms with Crippen molar-refractivity contribution in [2.45, 2.75) is 38.9 Å². The molecule has 0 aromatic heterocycles. The number of piperidine rings is 1. The molecule has 2 aliphatic heterocycles. The van der Waals surface area contributed by atoms with E-state index in [2.05, 4.69) is 30.9 Å². The lowest BCUT2D eigenvalue weighted by molar-refractivity contribution is -0.143. The third kappa shape index (κ3) is 4.41. The summed E-state index contributed by atoms with van der Waals surface area (Å²) in [5.74, 6) is -0.909. The van der Waals surface area contributed by atoms with E-state index in [1.54, 1.807) is 18.2 Å². The summed E-state index contributed by atoms with van der Waals surface area (Å²) in [6, 6.07) is 9.40. The van der Waals surface area contributed by atoms with E-state index >= 15 is 4.39 Å². The lowest BCUT2D eigenvalue weighted by atomic mass is 9.86. The van der Waals surface area contributed by atoms with Gasteiger partial charge in [0.2, 0.25) is 0 Å². The van der Waals surface area contributed by atoms with Gasteiger partial charge in [0.15, 0.2) is 5.67 Å². The highest BCUT2D eigenvalue weighted by Gasteiger charge is 2.48. The van der Waals surface area contributed by atoms with Crippen LogP contribution in [0.5, 0.6) is 0 Å². The van der Waals surface area contributed by atoms with Gasteiger partial charge in [-0.2, -0.15) is 0 Å². The van der Waals surface area contributed by atoms with Crippen molar-refractivity contribution in [3.63, 3.8) is 0 Å². The van der Waals surface area contributed by atoms with Crippen molar-refractivity contribution in [2.24, 2.45) is 5.92 Å². The Hall–Kier alpha value is -1.82. The molecule has 2 aromatic carbocycles. The molecular formula is C24H27Cl2FN2O2. The van der Waals surface area contributed by atoms with Gasteiger partial charge in [-0.15, -0.1) is 0 Å². The van der Waals surface area contributed by atoms with Crippen LogP contribution in [0.4, 0.5) is 10.1 Å². The molecule has 2 aromatic rings. The molecule has 1 N–H and O–H groups in total. The summed E-state index contributed by atoms with van der Waals surface area (Å²) in [6.07, 6.45) is 1.39. The molecule has 0 saturated carbocycles. The number of rotatable bonds is 5. The summed E-state index contributed by atoms with van der Waals surface area (Å²) < 4.78 is 15.6. The zero-order valence-electron chi connectivity index (χ0n) is 17.8. The smallest absolute Gasteiger partial charge is 0.306 e. The summed E-state index contributed by atoms with van der Waals surface area (Å²) >= 11 is 12.5. The highest BCUT2D eigenvalue weighted by atomic mass is 35.5. The Kier molecular flexibility index (Phi) is 6.21. The maximum absolute atomic E-state index is 15.6. The maximum Gasteiger partial charge on any atom is 0.306 e. The molecule has 2 aliphatic rings. The van der Waals surface area contributed by atoms with Crippen molar-refractivity contribution in [1.82, 2.24) is 4.90 Å². The number of aliphatic carboxylic acids is 1. The molecule has 166 valence electrons. The number of likely N-dealkylation sites (tertiary alicyclic amines) is 1. The quantitative estimate of drug-likeness (QED) is 0.625. The van der Waals surface area contributed by atoms with Gasteiger partial charge in [-0.05, 0) is 68.6 Å². The van der Waals surface area contributed by atoms with Crippen molar-refractivity contribution in [3.8, 4) is 0 Å². The minimum Gasteiger partial charge on any atom is -0.481 e. The molecule has 0 amide bonds. The van der Waals surface area contributed by atoms with Crippen LogP contribution in [-0.2, 0) is 17.0 Å². The Morgan fingerprint density at radius 3 is 2.19 bits per heavy atom. The van der Waals surface area contributed by atoms with Gasteiger partial charge in [0.1, 0.15) is 0 Å². The SMILES string of the molecule is Cc1cc(CN2CCC(C(=O)O)CC2)cc(C)c1N1CC(F)(c2c(Cl)cccc2Cl)C1. The number of carbonyl (C=O) groups is 1. The molecule has 0 bridgehead atoms. The lowest BCUT2D eigenvalue weighted by Gasteiger charge is -2.48. The molecule has 31 heavy (non-hydrogen) atoms. The molecule has 2 saturated heterocycles. The Morgan fingerprint density at radius 2 is 1.68 bits per heavy atom. The molecule has 0 aliphatic carbocycles. The maximum atomic E-state index is 15.6. The molecule has 0 radical (unpaired) electrons. The van der Waals surface area contributed by atoms with Crippen LogP contribution in [0.3, 0.4) is 0 Å². The highest BCUT2D eigenvalue weighted by molar-refractivity contribution is 6.36. The number of carboxylic acids is 1. The van der Waals surface area contributed by atoms with Crippen LogP contribution in [-0.4, -0.2) is 42.2 Å². The van der Waals surface area contributed by atoms with E-state index in [9.17, 15) is 9.90 Å². The first kappa shape index (κ1) is 22.4. The summed E-state index contributed by atoms with van der Waals surface area (Å²) in [4.78, 5) is 15.5. The van der Waals surface area contributed by atoms with Crippen molar-refractivity contribution in [1.29, 1.82) is 0 Å². The van der Waals surface area contributed by atoms with Crippen molar-refractivity contribution in [2.75, 3.05) is 31.1 Å². The van der Waals surface area contributed by atoms with E-state index < -0.39 is 11.6 Å². The van der Waals surface area contributed by atoms with Crippen LogP contribution in [0.2, 0.25) is 10.0 Å². The predicted molar refractivity (Wildman–Crippen MR) is 123 cm³/mol. The van der Waals surface area contributed by atoms with Gasteiger partial charge < -0.3 is 10.0 Å². The van der Waals surface area contributed by atoms with Gasteiger partial charge in [0, 0.05) is 27.8 Å². The average molecular weight is 465 g/mol. The van der Waals surface area contributed by atoms with Crippen LogP contribution in [0.1, 0.15) is 35.1 Å². The third-order valence-corrected chi connectivity index (χ3v) is 7.13. The Labute approximate surface area is 192 Å². The number of anilines is 1. The number of aryl methyl sites for hydroxylation is 2. The average Bonchev–Trinajstić information content (AvgIpc) is 2.66. The van der Waals surface area contributed by atoms with E-state index in [1.807, 2.05) is 4.90 Å². The first-order valence-electron chi connectivity index (χ1n) is 10.6. The molecular weight excluding hydrogens is 438 g/mol. The fourth-order valence-corrected chi connectivity index (χ4v) is 5.77. The molecule has 2 fully saturated rings. The van der Waals surface area contributed by atoms with Crippen molar-refractivity contribution < 1.29 is 14.3 Å². The molecule has 0 spiro atoms. The molecule has 2 heterocycles. The summed E-state index contributed by atoms with van der Waals surface area (Å²) in [5, 5.41) is 9.91. The second-order valence-electron chi connectivity index (χ2n) is 8.88. The first-order chi connectivity index (χ1) is 14.7. The van der Waals surface area contributed by atoms with Crippen molar-refractivity contribution in [3.05, 3.63) is 62.6 Å². The Balaban J connectivity index is 1.45. The topological polar surface area (TPSA) is 43.8 Å². The van der Waals surface area contributed by atoms with Crippen LogP contribution < -0.4 is 4.90 Å². The number of hydrogen-bond acceptors (Lipinski definition) is 3. The predicted octanol–water partition coefficient (Wildman–Crippen LogP) is 5.59. The van der Waals surface area contributed by atoms with E-state index in [0.717, 1.165) is 36.4 Å². The van der Waals surface area contributed by atoms with Gasteiger partial charge in [0.25, 0.3) is 0 Å². The van der Waals surface area contributed by atoms with Gasteiger partial charge in [-0.1, -0.05) is 41.4 Å². The van der Waals surface area contributed by atoms with Crippen molar-refractivity contribution >= 4 is 34.9 Å². The normalized spacial score (nSPS) is 19.3. The first-order valence-corrected chi connectivity index (χ1v) is 11.4. The number of benzene rings is 2. The van der Waals surface area contributed by atoms with Gasteiger partial charge in [-0.3, -0.25) is 9.69 Å². The van der Waals surface area contributed by atoms with E-state index in [-0.39, 0.29) is 19.0 Å². The third-order valence-electron chi connectivity index (χ3n) is 6.50. The largest absolute Gasteiger partial charge is 0.481 e. The van der Waals surface area contributed by atoms with Gasteiger partial charge in [0.05, 0.1) is 19.0 Å². The summed E-state index contributed by atoms with van der Waals surface area (Å²) in [7, 11) is 0. The number of carboxylic acid groups (broad SMARTS) is 1. The van der Waals surface area contributed by atoms with Gasteiger partial charge >= 0.3 is 5.97 Å². The minimum atomic E-state index is -1.55. The monoisotopic (exact) mass is 464 g/mol. The molecule has 4 nitrogen and oxygen atoms in total. The summed E-state index contributed by atoms with van der Waals surface area (Å²) in [6.45, 7) is 6.96. The Morgan fingerprint density at radius 1 is 1.13 bits per heavy atom.